The standard InChI is InChI=1S/C17H28N2O/c1-17(2,3)18-9-13-7-8-20-16(13)12-19-10-14-5-4-6-15(14)11-19/h7-8,14-15,18H,4-6,9-12H2,1-3H3. The zero-order valence-corrected chi connectivity index (χ0v) is 13.1. The molecule has 1 aromatic heterocycles. The summed E-state index contributed by atoms with van der Waals surface area (Å²) in [6.07, 6.45) is 6.17. The molecule has 1 aromatic rings. The van der Waals surface area contributed by atoms with Gasteiger partial charge in [-0.05, 0) is 51.5 Å². The van der Waals surface area contributed by atoms with Gasteiger partial charge in [-0.15, -0.1) is 0 Å². The molecule has 0 aromatic carbocycles. The van der Waals surface area contributed by atoms with Crippen molar-refractivity contribution >= 4 is 0 Å². The van der Waals surface area contributed by atoms with Gasteiger partial charge in [-0.3, -0.25) is 4.90 Å². The summed E-state index contributed by atoms with van der Waals surface area (Å²) in [6.45, 7) is 11.0. The number of nitrogens with zero attached hydrogens (tertiary/aromatic N) is 1. The van der Waals surface area contributed by atoms with Crippen LogP contribution in [0, 0.1) is 11.8 Å². The lowest BCUT2D eigenvalue weighted by Crippen LogP contribution is -2.35. The Hall–Kier alpha value is -0.800. The van der Waals surface area contributed by atoms with Crippen LogP contribution in [0.1, 0.15) is 51.4 Å². The second-order valence-electron chi connectivity index (χ2n) is 7.62. The molecular formula is C17H28N2O. The zero-order valence-electron chi connectivity index (χ0n) is 13.1. The number of fused-ring (bicyclic) bond motifs is 1. The fourth-order valence-electron chi connectivity index (χ4n) is 3.69. The molecule has 1 saturated heterocycles. The first kappa shape index (κ1) is 14.2. The van der Waals surface area contributed by atoms with Crippen molar-refractivity contribution in [3.8, 4) is 0 Å². The number of hydrogen-bond donors (Lipinski definition) is 1. The van der Waals surface area contributed by atoms with Crippen LogP contribution in [-0.4, -0.2) is 23.5 Å². The summed E-state index contributed by atoms with van der Waals surface area (Å²) in [4.78, 5) is 2.59. The quantitative estimate of drug-likeness (QED) is 0.913. The number of hydrogen-bond acceptors (Lipinski definition) is 3. The molecule has 2 unspecified atom stereocenters. The molecule has 1 aliphatic heterocycles. The molecule has 2 aliphatic rings. The highest BCUT2D eigenvalue weighted by atomic mass is 16.3. The van der Waals surface area contributed by atoms with Crippen molar-refractivity contribution in [2.24, 2.45) is 11.8 Å². The van der Waals surface area contributed by atoms with Gasteiger partial charge in [0.2, 0.25) is 0 Å². The van der Waals surface area contributed by atoms with Crippen LogP contribution in [-0.2, 0) is 13.1 Å². The molecule has 20 heavy (non-hydrogen) atoms. The van der Waals surface area contributed by atoms with E-state index in [1.807, 2.05) is 6.26 Å². The molecule has 2 atom stereocenters. The van der Waals surface area contributed by atoms with Crippen molar-refractivity contribution in [3.63, 3.8) is 0 Å². The number of nitrogens with one attached hydrogen (secondary N) is 1. The predicted molar refractivity (Wildman–Crippen MR) is 81.4 cm³/mol. The van der Waals surface area contributed by atoms with E-state index in [1.165, 1.54) is 37.9 Å². The lowest BCUT2D eigenvalue weighted by atomic mass is 10.0. The minimum Gasteiger partial charge on any atom is -0.468 e. The van der Waals surface area contributed by atoms with E-state index in [2.05, 4.69) is 37.1 Å². The average Bonchev–Trinajstić information content (AvgIpc) is 3.01. The van der Waals surface area contributed by atoms with E-state index in [1.54, 1.807) is 0 Å². The van der Waals surface area contributed by atoms with Crippen LogP contribution in [0.4, 0.5) is 0 Å². The lowest BCUT2D eigenvalue weighted by Gasteiger charge is -2.21. The van der Waals surface area contributed by atoms with E-state index in [-0.39, 0.29) is 5.54 Å². The average molecular weight is 276 g/mol. The van der Waals surface area contributed by atoms with Gasteiger partial charge in [0.25, 0.3) is 0 Å². The molecule has 1 N–H and O–H groups in total. The molecule has 2 heterocycles. The van der Waals surface area contributed by atoms with Crippen LogP contribution in [0.5, 0.6) is 0 Å². The molecule has 3 heteroatoms. The van der Waals surface area contributed by atoms with Gasteiger partial charge in [0, 0.05) is 30.7 Å². The first-order valence-corrected chi connectivity index (χ1v) is 8.04. The molecular weight excluding hydrogens is 248 g/mol. The van der Waals surface area contributed by atoms with Crippen molar-refractivity contribution in [2.75, 3.05) is 13.1 Å². The first-order chi connectivity index (χ1) is 9.51. The lowest BCUT2D eigenvalue weighted by molar-refractivity contribution is 0.273. The minimum atomic E-state index is 0.152. The van der Waals surface area contributed by atoms with Crippen LogP contribution >= 0.6 is 0 Å². The molecule has 0 spiro atoms. The number of rotatable bonds is 4. The SMILES string of the molecule is CC(C)(C)NCc1ccoc1CN1CC2CCCC2C1. The molecule has 0 amide bonds. The summed E-state index contributed by atoms with van der Waals surface area (Å²) in [5.41, 5.74) is 1.47. The molecule has 3 rings (SSSR count). The largest absolute Gasteiger partial charge is 0.468 e. The Labute approximate surface area is 122 Å². The van der Waals surface area contributed by atoms with Crippen molar-refractivity contribution in [3.05, 3.63) is 23.7 Å². The summed E-state index contributed by atoms with van der Waals surface area (Å²) in [6, 6.07) is 2.12. The maximum Gasteiger partial charge on any atom is 0.122 e. The smallest absolute Gasteiger partial charge is 0.122 e. The molecule has 1 saturated carbocycles. The highest BCUT2D eigenvalue weighted by Gasteiger charge is 2.36. The van der Waals surface area contributed by atoms with Gasteiger partial charge in [-0.2, -0.15) is 0 Å². The van der Waals surface area contributed by atoms with Crippen LogP contribution in [0.3, 0.4) is 0 Å². The summed E-state index contributed by atoms with van der Waals surface area (Å²) in [5.74, 6) is 3.07. The predicted octanol–water partition coefficient (Wildman–Crippen LogP) is 3.40. The number of furan rings is 1. The van der Waals surface area contributed by atoms with E-state index in [9.17, 15) is 0 Å². The Morgan fingerprint density at radius 1 is 1.25 bits per heavy atom. The van der Waals surface area contributed by atoms with Gasteiger partial charge in [0.05, 0.1) is 12.8 Å². The highest BCUT2D eigenvalue weighted by Crippen LogP contribution is 2.38. The van der Waals surface area contributed by atoms with Gasteiger partial charge >= 0.3 is 0 Å². The maximum absolute atomic E-state index is 5.73. The van der Waals surface area contributed by atoms with Gasteiger partial charge in [0.1, 0.15) is 5.76 Å². The Morgan fingerprint density at radius 3 is 2.60 bits per heavy atom. The monoisotopic (exact) mass is 276 g/mol. The molecule has 1 aliphatic carbocycles. The van der Waals surface area contributed by atoms with Crippen molar-refractivity contribution < 1.29 is 4.42 Å². The second-order valence-corrected chi connectivity index (χ2v) is 7.62. The Kier molecular flexibility index (Phi) is 3.91. The van der Waals surface area contributed by atoms with Crippen LogP contribution in [0.15, 0.2) is 16.7 Å². The third-order valence-corrected chi connectivity index (χ3v) is 4.82. The maximum atomic E-state index is 5.73. The number of likely N-dealkylation sites (tertiary alicyclic amines) is 1. The van der Waals surface area contributed by atoms with Gasteiger partial charge in [0.15, 0.2) is 0 Å². The summed E-state index contributed by atoms with van der Waals surface area (Å²) >= 11 is 0. The van der Waals surface area contributed by atoms with E-state index in [0.29, 0.717) is 0 Å². The third-order valence-electron chi connectivity index (χ3n) is 4.82. The molecule has 2 fully saturated rings. The highest BCUT2D eigenvalue weighted by molar-refractivity contribution is 5.17. The Bertz CT molecular complexity index is 434. The van der Waals surface area contributed by atoms with Crippen LogP contribution < -0.4 is 5.32 Å². The van der Waals surface area contributed by atoms with Crippen molar-refractivity contribution in [1.82, 2.24) is 10.2 Å². The van der Waals surface area contributed by atoms with Gasteiger partial charge < -0.3 is 9.73 Å². The van der Waals surface area contributed by atoms with Crippen LogP contribution in [0.2, 0.25) is 0 Å². The fraction of sp³-hybridized carbons (Fsp3) is 0.765. The molecule has 0 radical (unpaired) electrons. The third kappa shape index (κ3) is 3.26. The summed E-state index contributed by atoms with van der Waals surface area (Å²) in [7, 11) is 0. The van der Waals surface area contributed by atoms with Crippen molar-refractivity contribution in [2.45, 2.75) is 58.7 Å². The molecule has 0 bridgehead atoms. The van der Waals surface area contributed by atoms with E-state index < -0.39 is 0 Å². The van der Waals surface area contributed by atoms with Crippen LogP contribution in [0.25, 0.3) is 0 Å². The normalized spacial score (nSPS) is 27.1. The Morgan fingerprint density at radius 2 is 1.95 bits per heavy atom. The molecule has 112 valence electrons. The summed E-state index contributed by atoms with van der Waals surface area (Å²) < 4.78 is 5.73. The van der Waals surface area contributed by atoms with E-state index in [4.69, 9.17) is 4.42 Å². The van der Waals surface area contributed by atoms with E-state index >= 15 is 0 Å². The Balaban J connectivity index is 1.57. The zero-order chi connectivity index (χ0) is 14.2. The van der Waals surface area contributed by atoms with Gasteiger partial charge in [-0.1, -0.05) is 6.42 Å². The van der Waals surface area contributed by atoms with Gasteiger partial charge in [-0.25, -0.2) is 0 Å². The van der Waals surface area contributed by atoms with Crippen molar-refractivity contribution in [1.29, 1.82) is 0 Å². The molecule has 3 nitrogen and oxygen atoms in total. The summed E-state index contributed by atoms with van der Waals surface area (Å²) in [5, 5.41) is 3.55. The topological polar surface area (TPSA) is 28.4 Å². The minimum absolute atomic E-state index is 0.152. The second kappa shape index (κ2) is 5.53. The van der Waals surface area contributed by atoms with E-state index in [0.717, 1.165) is 30.7 Å². The fourth-order valence-corrected chi connectivity index (χ4v) is 3.69. The first-order valence-electron chi connectivity index (χ1n) is 8.04.